The van der Waals surface area contributed by atoms with Crippen LogP contribution in [0.4, 0.5) is 0 Å². The first-order valence-corrected chi connectivity index (χ1v) is 6.68. The van der Waals surface area contributed by atoms with E-state index in [1.807, 2.05) is 6.07 Å². The molecule has 90 valence electrons. The Bertz CT molecular complexity index is 647. The van der Waals surface area contributed by atoms with Crippen LogP contribution in [0.5, 0.6) is 0 Å². The van der Waals surface area contributed by atoms with Gasteiger partial charge in [0.2, 0.25) is 0 Å². The van der Waals surface area contributed by atoms with E-state index in [9.17, 15) is 13.5 Å². The molecule has 0 spiro atoms. The number of aliphatic hydroxyl groups excluding tert-OH is 1. The predicted octanol–water partition coefficient (Wildman–Crippen LogP) is 1.72. The van der Waals surface area contributed by atoms with E-state index in [-0.39, 0.29) is 6.61 Å². The first-order valence-electron chi connectivity index (χ1n) is 5.07. The Morgan fingerprint density at radius 3 is 2.00 bits per heavy atom. The highest BCUT2D eigenvalue weighted by atomic mass is 32.2. The summed E-state index contributed by atoms with van der Waals surface area (Å²) in [6.45, 7) is -0.104. The van der Waals surface area contributed by atoms with Crippen molar-refractivity contribution in [2.75, 3.05) is 0 Å². The lowest BCUT2D eigenvalue weighted by atomic mass is 10.0. The van der Waals surface area contributed by atoms with Gasteiger partial charge in [0, 0.05) is 0 Å². The highest BCUT2D eigenvalue weighted by molar-refractivity contribution is 7.85. The van der Waals surface area contributed by atoms with E-state index in [0.717, 1.165) is 16.3 Å². The molecule has 2 N–H and O–H groups in total. The van der Waals surface area contributed by atoms with Crippen molar-refractivity contribution in [2.45, 2.75) is 12.4 Å². The summed E-state index contributed by atoms with van der Waals surface area (Å²) in [6.07, 6.45) is 0. The van der Waals surface area contributed by atoms with Crippen LogP contribution in [0.25, 0.3) is 10.8 Å². The number of hydrogen-bond donors (Lipinski definition) is 2. The fourth-order valence-corrected chi connectivity index (χ4v) is 2.55. The number of aliphatic hydroxyl groups is 1. The second-order valence-corrected chi connectivity index (χ2v) is 5.27. The molecule has 17 heavy (non-hydrogen) atoms. The summed E-state index contributed by atoms with van der Waals surface area (Å²) in [5.74, 6) is -0.417. The molecule has 2 aromatic carbocycles. The lowest BCUT2D eigenvalue weighted by Gasteiger charge is -2.08. The molecule has 0 radical (unpaired) electrons. The molecule has 0 aliphatic rings. The fraction of sp³-hybridized carbons (Fsp3) is 0.167. The second-order valence-electron chi connectivity index (χ2n) is 3.81. The SMILES string of the molecule is O=S(=O)(O)Cc1cccc2c(CO)cccc12. The largest absolute Gasteiger partial charge is 0.392 e. The molecule has 2 aromatic rings. The van der Waals surface area contributed by atoms with Crippen molar-refractivity contribution >= 4 is 20.9 Å². The second kappa shape index (κ2) is 4.44. The van der Waals surface area contributed by atoms with Crippen LogP contribution in [-0.4, -0.2) is 18.1 Å². The van der Waals surface area contributed by atoms with Crippen LogP contribution in [0.3, 0.4) is 0 Å². The standard InChI is InChI=1S/C12H12O4S/c13-7-9-3-1-6-12-10(8-17(14,15)16)4-2-5-11(9)12/h1-6,13H,7-8H2,(H,14,15,16). The van der Waals surface area contributed by atoms with Crippen molar-refractivity contribution in [3.05, 3.63) is 47.5 Å². The maximum atomic E-state index is 10.9. The lowest BCUT2D eigenvalue weighted by Crippen LogP contribution is -2.02. The molecule has 0 fully saturated rings. The Labute approximate surface area is 99.3 Å². The molecule has 0 saturated carbocycles. The van der Waals surface area contributed by atoms with Gasteiger partial charge in [-0.3, -0.25) is 4.55 Å². The maximum Gasteiger partial charge on any atom is 0.269 e. The van der Waals surface area contributed by atoms with Gasteiger partial charge in [0.15, 0.2) is 0 Å². The van der Waals surface area contributed by atoms with Crippen LogP contribution in [-0.2, 0) is 22.5 Å². The molecule has 0 bridgehead atoms. The molecule has 4 nitrogen and oxygen atoms in total. The molecule has 0 aliphatic heterocycles. The van der Waals surface area contributed by atoms with E-state index in [1.165, 1.54) is 0 Å². The number of hydrogen-bond acceptors (Lipinski definition) is 3. The number of benzene rings is 2. The summed E-state index contributed by atoms with van der Waals surface area (Å²) in [4.78, 5) is 0. The molecule has 0 saturated heterocycles. The highest BCUT2D eigenvalue weighted by Gasteiger charge is 2.10. The molecule has 5 heteroatoms. The summed E-state index contributed by atoms with van der Waals surface area (Å²) in [6, 6.07) is 10.5. The van der Waals surface area contributed by atoms with Gasteiger partial charge in [-0.1, -0.05) is 36.4 Å². The molecular weight excluding hydrogens is 240 g/mol. The van der Waals surface area contributed by atoms with Gasteiger partial charge in [-0.15, -0.1) is 0 Å². The van der Waals surface area contributed by atoms with E-state index < -0.39 is 15.9 Å². The van der Waals surface area contributed by atoms with Crippen LogP contribution in [0.2, 0.25) is 0 Å². The third-order valence-electron chi connectivity index (χ3n) is 2.61. The Balaban J connectivity index is 2.66. The normalized spacial score (nSPS) is 11.9. The first-order chi connectivity index (χ1) is 8.01. The molecule has 0 amide bonds. The van der Waals surface area contributed by atoms with Gasteiger partial charge in [0.1, 0.15) is 5.75 Å². The van der Waals surface area contributed by atoms with Gasteiger partial charge in [0.25, 0.3) is 10.1 Å². The summed E-state index contributed by atoms with van der Waals surface area (Å²) in [5, 5.41) is 10.7. The average Bonchev–Trinajstić information content (AvgIpc) is 2.27. The molecule has 0 atom stereocenters. The van der Waals surface area contributed by atoms with Gasteiger partial charge < -0.3 is 5.11 Å². The van der Waals surface area contributed by atoms with Gasteiger partial charge in [-0.2, -0.15) is 8.42 Å². The van der Waals surface area contributed by atoms with Crippen molar-refractivity contribution in [3.8, 4) is 0 Å². The van der Waals surface area contributed by atoms with Crippen molar-refractivity contribution in [1.29, 1.82) is 0 Å². The van der Waals surface area contributed by atoms with Crippen molar-refractivity contribution in [3.63, 3.8) is 0 Å². The van der Waals surface area contributed by atoms with Gasteiger partial charge in [-0.25, -0.2) is 0 Å². The smallest absolute Gasteiger partial charge is 0.269 e. The molecule has 0 unspecified atom stereocenters. The first kappa shape index (κ1) is 12.0. The van der Waals surface area contributed by atoms with Gasteiger partial charge in [0.05, 0.1) is 6.61 Å². The van der Waals surface area contributed by atoms with E-state index in [1.54, 1.807) is 30.3 Å². The van der Waals surface area contributed by atoms with E-state index in [4.69, 9.17) is 4.55 Å². The quantitative estimate of drug-likeness (QED) is 0.816. The summed E-state index contributed by atoms with van der Waals surface area (Å²) < 4.78 is 30.7. The van der Waals surface area contributed by atoms with E-state index in [0.29, 0.717) is 5.56 Å². The minimum atomic E-state index is -4.05. The number of rotatable bonds is 3. The van der Waals surface area contributed by atoms with Crippen molar-refractivity contribution in [2.24, 2.45) is 0 Å². The average molecular weight is 252 g/mol. The molecule has 0 aromatic heterocycles. The summed E-state index contributed by atoms with van der Waals surface area (Å²) in [7, 11) is -4.05. The molecular formula is C12H12O4S. The molecule has 2 rings (SSSR count). The highest BCUT2D eigenvalue weighted by Crippen LogP contribution is 2.23. The summed E-state index contributed by atoms with van der Waals surface area (Å²) in [5.41, 5.74) is 1.26. The van der Waals surface area contributed by atoms with Crippen LogP contribution in [0.15, 0.2) is 36.4 Å². The van der Waals surface area contributed by atoms with Crippen LogP contribution >= 0.6 is 0 Å². The van der Waals surface area contributed by atoms with Crippen molar-refractivity contribution in [1.82, 2.24) is 0 Å². The summed E-state index contributed by atoms with van der Waals surface area (Å²) >= 11 is 0. The monoisotopic (exact) mass is 252 g/mol. The maximum absolute atomic E-state index is 10.9. The predicted molar refractivity (Wildman–Crippen MR) is 65.1 cm³/mol. The van der Waals surface area contributed by atoms with Crippen LogP contribution < -0.4 is 0 Å². The Kier molecular flexibility index (Phi) is 3.15. The van der Waals surface area contributed by atoms with Gasteiger partial charge in [-0.05, 0) is 21.9 Å². The van der Waals surface area contributed by atoms with E-state index >= 15 is 0 Å². The van der Waals surface area contributed by atoms with Crippen LogP contribution in [0, 0.1) is 0 Å². The third kappa shape index (κ3) is 2.63. The topological polar surface area (TPSA) is 74.6 Å². The Morgan fingerprint density at radius 2 is 1.47 bits per heavy atom. The zero-order valence-electron chi connectivity index (χ0n) is 9.00. The Hall–Kier alpha value is -1.43. The third-order valence-corrected chi connectivity index (χ3v) is 3.29. The molecule has 0 heterocycles. The zero-order chi connectivity index (χ0) is 12.5. The minimum absolute atomic E-state index is 0.104. The lowest BCUT2D eigenvalue weighted by molar-refractivity contribution is 0.283. The minimum Gasteiger partial charge on any atom is -0.392 e. The fourth-order valence-electron chi connectivity index (χ4n) is 1.90. The number of fused-ring (bicyclic) bond motifs is 1. The molecule has 0 aliphatic carbocycles. The zero-order valence-corrected chi connectivity index (χ0v) is 9.81. The van der Waals surface area contributed by atoms with Gasteiger partial charge >= 0.3 is 0 Å². The van der Waals surface area contributed by atoms with Crippen LogP contribution in [0.1, 0.15) is 11.1 Å². The van der Waals surface area contributed by atoms with E-state index in [2.05, 4.69) is 0 Å². The Morgan fingerprint density at radius 1 is 0.941 bits per heavy atom. The van der Waals surface area contributed by atoms with Crippen molar-refractivity contribution < 1.29 is 18.1 Å².